The van der Waals surface area contributed by atoms with E-state index in [4.69, 9.17) is 0 Å². The Kier molecular flexibility index (Phi) is 5.05. The van der Waals surface area contributed by atoms with Crippen LogP contribution in [0.15, 0.2) is 22.7 Å². The Hall–Kier alpha value is -1.07. The van der Waals surface area contributed by atoms with Crippen molar-refractivity contribution >= 4 is 27.6 Å². The van der Waals surface area contributed by atoms with Crippen LogP contribution in [0.2, 0.25) is 0 Å². The van der Waals surface area contributed by atoms with Gasteiger partial charge in [0, 0.05) is 29.3 Å². The Labute approximate surface area is 128 Å². The van der Waals surface area contributed by atoms with Gasteiger partial charge in [-0.1, -0.05) is 15.9 Å². The Bertz CT molecular complexity index is 491. The van der Waals surface area contributed by atoms with Gasteiger partial charge in [0.1, 0.15) is 0 Å². The molecule has 0 aliphatic carbocycles. The summed E-state index contributed by atoms with van der Waals surface area (Å²) in [6.45, 7) is 7.48. The normalized spacial score (nSPS) is 19.5. The van der Waals surface area contributed by atoms with Gasteiger partial charge in [-0.3, -0.25) is 0 Å². The number of carbonyl (C=O) groups is 1. The van der Waals surface area contributed by atoms with E-state index in [0.717, 1.165) is 24.1 Å². The Morgan fingerprint density at radius 3 is 2.90 bits per heavy atom. The molecule has 1 unspecified atom stereocenters. The number of aromatic carboxylic acids is 1. The number of rotatable bonds is 5. The van der Waals surface area contributed by atoms with E-state index in [1.54, 1.807) is 6.07 Å². The minimum absolute atomic E-state index is 0.318. The van der Waals surface area contributed by atoms with E-state index in [-0.39, 0.29) is 0 Å². The molecule has 1 aliphatic rings. The zero-order valence-corrected chi connectivity index (χ0v) is 13.5. The highest BCUT2D eigenvalue weighted by molar-refractivity contribution is 9.10. The van der Waals surface area contributed by atoms with E-state index in [1.807, 2.05) is 12.1 Å². The van der Waals surface area contributed by atoms with E-state index in [0.29, 0.717) is 23.2 Å². The first-order valence-corrected chi connectivity index (χ1v) is 7.77. The quantitative estimate of drug-likeness (QED) is 0.863. The van der Waals surface area contributed by atoms with Crippen molar-refractivity contribution < 1.29 is 9.90 Å². The molecule has 1 aliphatic heterocycles. The van der Waals surface area contributed by atoms with Crippen LogP contribution in [0.5, 0.6) is 0 Å². The Balaban J connectivity index is 1.96. The zero-order chi connectivity index (χ0) is 14.7. The van der Waals surface area contributed by atoms with Crippen molar-refractivity contribution in [3.63, 3.8) is 0 Å². The smallest absolute Gasteiger partial charge is 0.337 e. The number of likely N-dealkylation sites (tertiary alicyclic amines) is 1. The largest absolute Gasteiger partial charge is 0.478 e. The van der Waals surface area contributed by atoms with Crippen LogP contribution in [0.3, 0.4) is 0 Å². The highest BCUT2D eigenvalue weighted by Crippen LogP contribution is 2.23. The number of hydrogen-bond acceptors (Lipinski definition) is 3. The van der Waals surface area contributed by atoms with E-state index < -0.39 is 5.97 Å². The summed E-state index contributed by atoms with van der Waals surface area (Å²) in [5, 5.41) is 12.5. The second kappa shape index (κ2) is 6.59. The zero-order valence-electron chi connectivity index (χ0n) is 11.9. The fourth-order valence-corrected chi connectivity index (χ4v) is 2.96. The first kappa shape index (κ1) is 15.3. The summed E-state index contributed by atoms with van der Waals surface area (Å²) in [6.07, 6.45) is 1.17. The molecule has 110 valence electrons. The lowest BCUT2D eigenvalue weighted by molar-refractivity contribution is 0.0698. The summed E-state index contributed by atoms with van der Waals surface area (Å²) >= 11 is 3.31. The van der Waals surface area contributed by atoms with Crippen molar-refractivity contribution in [2.45, 2.75) is 26.3 Å². The molecule has 0 spiro atoms. The van der Waals surface area contributed by atoms with Gasteiger partial charge in [-0.05, 0) is 50.9 Å². The van der Waals surface area contributed by atoms with Gasteiger partial charge in [-0.15, -0.1) is 0 Å². The summed E-state index contributed by atoms with van der Waals surface area (Å²) in [5.74, 6) is -0.313. The van der Waals surface area contributed by atoms with Crippen LogP contribution < -0.4 is 5.32 Å². The molecule has 5 heteroatoms. The Morgan fingerprint density at radius 2 is 2.30 bits per heavy atom. The summed E-state index contributed by atoms with van der Waals surface area (Å²) < 4.78 is 0.785. The molecule has 1 aromatic rings. The number of benzene rings is 1. The number of carboxylic acids is 1. The average molecular weight is 341 g/mol. The minimum atomic E-state index is -0.899. The van der Waals surface area contributed by atoms with Gasteiger partial charge in [0.15, 0.2) is 0 Å². The van der Waals surface area contributed by atoms with Gasteiger partial charge in [0.05, 0.1) is 5.56 Å². The highest BCUT2D eigenvalue weighted by atomic mass is 79.9. The van der Waals surface area contributed by atoms with Gasteiger partial charge < -0.3 is 15.3 Å². The molecule has 1 saturated heterocycles. The standard InChI is InChI=1S/C15H21BrN2O2/c1-10(2)18-6-5-11(9-18)8-17-14-4-3-12(16)7-13(14)15(19)20/h3-4,7,10-11,17H,5-6,8-9H2,1-2H3,(H,19,20). The fourth-order valence-electron chi connectivity index (χ4n) is 2.60. The molecule has 1 heterocycles. The number of nitrogens with zero attached hydrogens (tertiary/aromatic N) is 1. The van der Waals surface area contributed by atoms with Crippen LogP contribution in [0.4, 0.5) is 5.69 Å². The number of anilines is 1. The first-order chi connectivity index (χ1) is 9.47. The van der Waals surface area contributed by atoms with Crippen LogP contribution in [0.25, 0.3) is 0 Å². The first-order valence-electron chi connectivity index (χ1n) is 6.98. The van der Waals surface area contributed by atoms with Crippen LogP contribution >= 0.6 is 15.9 Å². The van der Waals surface area contributed by atoms with E-state index in [2.05, 4.69) is 40.0 Å². The molecule has 4 nitrogen and oxygen atoms in total. The van der Waals surface area contributed by atoms with Crippen LogP contribution in [-0.4, -0.2) is 41.7 Å². The summed E-state index contributed by atoms with van der Waals surface area (Å²) in [5.41, 5.74) is 1.02. The van der Waals surface area contributed by atoms with Crippen molar-refractivity contribution in [2.24, 2.45) is 5.92 Å². The minimum Gasteiger partial charge on any atom is -0.478 e. The predicted octanol–water partition coefficient (Wildman–Crippen LogP) is 3.29. The van der Waals surface area contributed by atoms with E-state index in [9.17, 15) is 9.90 Å². The SMILES string of the molecule is CC(C)N1CCC(CNc2ccc(Br)cc2C(=O)O)C1. The van der Waals surface area contributed by atoms with E-state index >= 15 is 0 Å². The third-order valence-corrected chi connectivity index (χ3v) is 4.33. The molecule has 0 saturated carbocycles. The topological polar surface area (TPSA) is 52.6 Å². The maximum absolute atomic E-state index is 11.2. The average Bonchev–Trinajstić information content (AvgIpc) is 2.86. The molecule has 1 atom stereocenters. The van der Waals surface area contributed by atoms with Crippen molar-refractivity contribution in [3.8, 4) is 0 Å². The number of hydrogen-bond donors (Lipinski definition) is 2. The molecule has 20 heavy (non-hydrogen) atoms. The van der Waals surface area contributed by atoms with Gasteiger partial charge >= 0.3 is 5.97 Å². The summed E-state index contributed by atoms with van der Waals surface area (Å²) in [7, 11) is 0. The van der Waals surface area contributed by atoms with Crippen LogP contribution in [-0.2, 0) is 0 Å². The second-order valence-corrected chi connectivity index (χ2v) is 6.54. The molecular weight excluding hydrogens is 320 g/mol. The number of nitrogens with one attached hydrogen (secondary N) is 1. The van der Waals surface area contributed by atoms with Crippen molar-refractivity contribution in [2.75, 3.05) is 25.0 Å². The lowest BCUT2D eigenvalue weighted by Gasteiger charge is -2.20. The monoisotopic (exact) mass is 340 g/mol. The second-order valence-electron chi connectivity index (χ2n) is 5.62. The summed E-state index contributed by atoms with van der Waals surface area (Å²) in [6, 6.07) is 5.91. The third kappa shape index (κ3) is 3.73. The van der Waals surface area contributed by atoms with Crippen molar-refractivity contribution in [1.29, 1.82) is 0 Å². The van der Waals surface area contributed by atoms with Gasteiger partial charge in [0.25, 0.3) is 0 Å². The maximum atomic E-state index is 11.2. The lowest BCUT2D eigenvalue weighted by Crippen LogP contribution is -2.29. The molecule has 2 rings (SSSR count). The predicted molar refractivity (Wildman–Crippen MR) is 84.4 cm³/mol. The third-order valence-electron chi connectivity index (χ3n) is 3.84. The van der Waals surface area contributed by atoms with Gasteiger partial charge in [0.2, 0.25) is 0 Å². The molecule has 0 bridgehead atoms. The maximum Gasteiger partial charge on any atom is 0.337 e. The lowest BCUT2D eigenvalue weighted by atomic mass is 10.1. The van der Waals surface area contributed by atoms with Gasteiger partial charge in [-0.25, -0.2) is 4.79 Å². The molecule has 1 fully saturated rings. The van der Waals surface area contributed by atoms with Crippen LogP contribution in [0, 0.1) is 5.92 Å². The highest BCUT2D eigenvalue weighted by Gasteiger charge is 2.24. The molecule has 2 N–H and O–H groups in total. The van der Waals surface area contributed by atoms with E-state index in [1.165, 1.54) is 6.42 Å². The number of carboxylic acid groups (broad SMARTS) is 1. The molecular formula is C15H21BrN2O2. The molecule has 0 amide bonds. The number of halogens is 1. The molecule has 0 aromatic heterocycles. The Morgan fingerprint density at radius 1 is 1.55 bits per heavy atom. The van der Waals surface area contributed by atoms with Crippen molar-refractivity contribution in [1.82, 2.24) is 4.90 Å². The van der Waals surface area contributed by atoms with Crippen molar-refractivity contribution in [3.05, 3.63) is 28.2 Å². The molecule has 1 aromatic carbocycles. The van der Waals surface area contributed by atoms with Crippen LogP contribution in [0.1, 0.15) is 30.6 Å². The summed E-state index contributed by atoms with van der Waals surface area (Å²) in [4.78, 5) is 13.7. The molecule has 0 radical (unpaired) electrons. The van der Waals surface area contributed by atoms with Gasteiger partial charge in [-0.2, -0.15) is 0 Å². The fraction of sp³-hybridized carbons (Fsp3) is 0.533.